The molecule has 0 fully saturated rings. The van der Waals surface area contributed by atoms with Gasteiger partial charge in [-0.3, -0.25) is 9.59 Å². The lowest BCUT2D eigenvalue weighted by molar-refractivity contribution is -0.123. The van der Waals surface area contributed by atoms with Crippen molar-refractivity contribution in [3.8, 4) is 5.75 Å². The van der Waals surface area contributed by atoms with Gasteiger partial charge in [0.2, 0.25) is 11.8 Å². The third kappa shape index (κ3) is 6.13. The molecule has 1 aromatic carbocycles. The maximum atomic E-state index is 12.1. The number of amides is 2. The topological polar surface area (TPSA) is 76.7 Å². The van der Waals surface area contributed by atoms with Crippen LogP contribution >= 0.6 is 0 Å². The van der Waals surface area contributed by atoms with E-state index in [1.165, 1.54) is 6.92 Å². The van der Waals surface area contributed by atoms with Crippen LogP contribution in [-0.4, -0.2) is 38.7 Å². The molecule has 2 amide bonds. The average Bonchev–Trinajstić information content (AvgIpc) is 2.46. The van der Waals surface area contributed by atoms with Gasteiger partial charge in [0.25, 0.3) is 0 Å². The van der Waals surface area contributed by atoms with E-state index in [0.717, 1.165) is 11.3 Å². The third-order valence-corrected chi connectivity index (χ3v) is 3.11. The Morgan fingerprint density at radius 3 is 2.27 bits per heavy atom. The number of methoxy groups -OCH3 is 2. The minimum atomic E-state index is -0.377. The molecule has 6 heteroatoms. The second-order valence-electron chi connectivity index (χ2n) is 5.15. The van der Waals surface area contributed by atoms with Crippen LogP contribution in [-0.2, 0) is 14.3 Å². The fourth-order valence-corrected chi connectivity index (χ4v) is 2.14. The zero-order chi connectivity index (χ0) is 16.5. The summed E-state index contributed by atoms with van der Waals surface area (Å²) in [5.74, 6) is 0.404. The fraction of sp³-hybridized carbons (Fsp3) is 0.500. The highest BCUT2D eigenvalue weighted by atomic mass is 16.5. The van der Waals surface area contributed by atoms with Gasteiger partial charge in [0.1, 0.15) is 5.75 Å². The van der Waals surface area contributed by atoms with Gasteiger partial charge in [0, 0.05) is 20.1 Å². The number of benzene rings is 1. The first-order chi connectivity index (χ1) is 10.5. The lowest BCUT2D eigenvalue weighted by Crippen LogP contribution is -2.38. The Kier molecular flexibility index (Phi) is 7.39. The van der Waals surface area contributed by atoms with Gasteiger partial charge < -0.3 is 20.1 Å². The molecule has 1 rings (SSSR count). The lowest BCUT2D eigenvalue weighted by atomic mass is 10.0. The molecular weight excluding hydrogens is 284 g/mol. The number of ether oxygens (including phenoxy) is 2. The molecule has 0 saturated heterocycles. The van der Waals surface area contributed by atoms with E-state index < -0.39 is 0 Å². The maximum absolute atomic E-state index is 12.1. The monoisotopic (exact) mass is 308 g/mol. The summed E-state index contributed by atoms with van der Waals surface area (Å²) >= 11 is 0. The van der Waals surface area contributed by atoms with E-state index in [0.29, 0.717) is 6.61 Å². The van der Waals surface area contributed by atoms with E-state index in [4.69, 9.17) is 9.47 Å². The van der Waals surface area contributed by atoms with E-state index >= 15 is 0 Å². The highest BCUT2D eigenvalue weighted by molar-refractivity contribution is 5.79. The van der Waals surface area contributed by atoms with Gasteiger partial charge in [0.05, 0.1) is 26.2 Å². The molecule has 2 unspecified atom stereocenters. The first kappa shape index (κ1) is 18.0. The molecule has 2 N–H and O–H groups in total. The van der Waals surface area contributed by atoms with Gasteiger partial charge in [-0.25, -0.2) is 0 Å². The van der Waals surface area contributed by atoms with Crippen molar-refractivity contribution < 1.29 is 19.1 Å². The van der Waals surface area contributed by atoms with Gasteiger partial charge in [-0.2, -0.15) is 0 Å². The molecule has 2 atom stereocenters. The van der Waals surface area contributed by atoms with Crippen molar-refractivity contribution in [1.82, 2.24) is 10.6 Å². The molecule has 0 aromatic heterocycles. The van der Waals surface area contributed by atoms with Crippen LogP contribution in [0, 0.1) is 0 Å². The quantitative estimate of drug-likeness (QED) is 0.761. The van der Waals surface area contributed by atoms with Crippen molar-refractivity contribution in [3.63, 3.8) is 0 Å². The van der Waals surface area contributed by atoms with Crippen LogP contribution in [0.2, 0.25) is 0 Å². The molecule has 0 aliphatic heterocycles. The first-order valence-electron chi connectivity index (χ1n) is 7.15. The summed E-state index contributed by atoms with van der Waals surface area (Å²) in [6, 6.07) is 6.83. The average molecular weight is 308 g/mol. The van der Waals surface area contributed by atoms with Gasteiger partial charge in [0.15, 0.2) is 0 Å². The van der Waals surface area contributed by atoms with Crippen LogP contribution < -0.4 is 15.4 Å². The highest BCUT2D eigenvalue weighted by Gasteiger charge is 2.18. The Morgan fingerprint density at radius 1 is 1.14 bits per heavy atom. The number of carbonyl (C=O) groups is 2. The number of hydrogen-bond acceptors (Lipinski definition) is 4. The van der Waals surface area contributed by atoms with Crippen LogP contribution in [0.3, 0.4) is 0 Å². The molecule has 122 valence electrons. The number of carbonyl (C=O) groups excluding carboxylic acids is 2. The molecule has 6 nitrogen and oxygen atoms in total. The van der Waals surface area contributed by atoms with E-state index in [2.05, 4.69) is 10.6 Å². The maximum Gasteiger partial charge on any atom is 0.222 e. The summed E-state index contributed by atoms with van der Waals surface area (Å²) in [6.07, 6.45) is 0.167. The first-order valence-corrected chi connectivity index (χ1v) is 7.15. The van der Waals surface area contributed by atoms with Gasteiger partial charge >= 0.3 is 0 Å². The Labute approximate surface area is 131 Å². The summed E-state index contributed by atoms with van der Waals surface area (Å²) in [4.78, 5) is 23.4. The summed E-state index contributed by atoms with van der Waals surface area (Å²) in [7, 11) is 3.17. The zero-order valence-electron chi connectivity index (χ0n) is 13.5. The van der Waals surface area contributed by atoms with Gasteiger partial charge in [-0.1, -0.05) is 12.1 Å². The molecule has 0 bridgehead atoms. The van der Waals surface area contributed by atoms with Crippen molar-refractivity contribution in [2.75, 3.05) is 20.8 Å². The Hall–Kier alpha value is -2.08. The van der Waals surface area contributed by atoms with Gasteiger partial charge in [-0.15, -0.1) is 0 Å². The molecule has 0 heterocycles. The Balaban J connectivity index is 2.75. The van der Waals surface area contributed by atoms with Crippen LogP contribution in [0.1, 0.15) is 31.9 Å². The minimum Gasteiger partial charge on any atom is -0.497 e. The molecule has 0 saturated carbocycles. The molecule has 22 heavy (non-hydrogen) atoms. The summed E-state index contributed by atoms with van der Waals surface area (Å²) in [5.41, 5.74) is 0.852. The normalized spacial score (nSPS) is 13.1. The Bertz CT molecular complexity index is 487. The van der Waals surface area contributed by atoms with E-state index in [9.17, 15) is 9.59 Å². The van der Waals surface area contributed by atoms with Crippen molar-refractivity contribution in [2.45, 2.75) is 32.4 Å². The summed E-state index contributed by atoms with van der Waals surface area (Å²) in [6.45, 7) is 3.74. The van der Waals surface area contributed by atoms with Crippen molar-refractivity contribution in [3.05, 3.63) is 29.8 Å². The SMILES string of the molecule is COCC(C)NC(=O)CC(NC(C)=O)c1ccc(OC)cc1. The summed E-state index contributed by atoms with van der Waals surface area (Å²) < 4.78 is 10.1. The van der Waals surface area contributed by atoms with Crippen molar-refractivity contribution in [1.29, 1.82) is 0 Å². The predicted molar refractivity (Wildman–Crippen MR) is 83.6 cm³/mol. The number of nitrogens with one attached hydrogen (secondary N) is 2. The van der Waals surface area contributed by atoms with E-state index in [1.54, 1.807) is 26.4 Å². The predicted octanol–water partition coefficient (Wildman–Crippen LogP) is 1.41. The minimum absolute atomic E-state index is 0.0775. The van der Waals surface area contributed by atoms with E-state index in [1.807, 2.05) is 19.1 Å². The molecule has 0 spiro atoms. The standard InChI is InChI=1S/C16H24N2O4/c1-11(10-21-3)17-16(20)9-15(18-12(2)19)13-5-7-14(22-4)8-6-13/h5-8,11,15H,9-10H2,1-4H3,(H,17,20)(H,18,19). The zero-order valence-corrected chi connectivity index (χ0v) is 13.5. The highest BCUT2D eigenvalue weighted by Crippen LogP contribution is 2.20. The smallest absolute Gasteiger partial charge is 0.222 e. The molecular formula is C16H24N2O4. The molecule has 0 radical (unpaired) electrons. The second kappa shape index (κ2) is 9.04. The molecule has 1 aromatic rings. The van der Waals surface area contributed by atoms with Crippen LogP contribution in [0.15, 0.2) is 24.3 Å². The van der Waals surface area contributed by atoms with Crippen LogP contribution in [0.25, 0.3) is 0 Å². The van der Waals surface area contributed by atoms with Crippen molar-refractivity contribution >= 4 is 11.8 Å². The second-order valence-corrected chi connectivity index (χ2v) is 5.15. The third-order valence-electron chi connectivity index (χ3n) is 3.11. The number of hydrogen-bond donors (Lipinski definition) is 2. The molecule has 0 aliphatic rings. The fourth-order valence-electron chi connectivity index (χ4n) is 2.14. The molecule has 0 aliphatic carbocycles. The van der Waals surface area contributed by atoms with Crippen LogP contribution in [0.5, 0.6) is 5.75 Å². The van der Waals surface area contributed by atoms with Crippen LogP contribution in [0.4, 0.5) is 0 Å². The van der Waals surface area contributed by atoms with E-state index in [-0.39, 0.29) is 30.3 Å². The van der Waals surface area contributed by atoms with Gasteiger partial charge in [-0.05, 0) is 24.6 Å². The largest absolute Gasteiger partial charge is 0.497 e. The lowest BCUT2D eigenvalue weighted by Gasteiger charge is -2.20. The number of rotatable bonds is 8. The Morgan fingerprint density at radius 2 is 1.77 bits per heavy atom. The summed E-state index contributed by atoms with van der Waals surface area (Å²) in [5, 5.41) is 5.63. The van der Waals surface area contributed by atoms with Crippen molar-refractivity contribution in [2.24, 2.45) is 0 Å².